The van der Waals surface area contributed by atoms with E-state index in [9.17, 15) is 14.0 Å². The summed E-state index contributed by atoms with van der Waals surface area (Å²) in [6.45, 7) is 7.37. The van der Waals surface area contributed by atoms with Gasteiger partial charge < -0.3 is 4.74 Å². The summed E-state index contributed by atoms with van der Waals surface area (Å²) in [5, 5.41) is 0. The Hall–Kier alpha value is -3.85. The molecule has 38 heavy (non-hydrogen) atoms. The van der Waals surface area contributed by atoms with Crippen molar-refractivity contribution in [2.45, 2.75) is 64.4 Å². The van der Waals surface area contributed by atoms with Gasteiger partial charge in [-0.25, -0.2) is 9.18 Å². The lowest BCUT2D eigenvalue weighted by Crippen LogP contribution is -2.59. The molecule has 2 atom stereocenters. The van der Waals surface area contributed by atoms with Gasteiger partial charge in [0.1, 0.15) is 17.1 Å². The predicted molar refractivity (Wildman–Crippen MR) is 141 cm³/mol. The van der Waals surface area contributed by atoms with Gasteiger partial charge in [-0.3, -0.25) is 29.5 Å². The number of aromatic nitrogens is 2. The number of piperidine rings is 1. The molecule has 3 amide bonds. The number of imide groups is 1. The van der Waals surface area contributed by atoms with Crippen LogP contribution >= 0.6 is 0 Å². The van der Waals surface area contributed by atoms with Gasteiger partial charge in [0.15, 0.2) is 0 Å². The fraction of sp³-hybridized carbons (Fsp3) is 0.379. The molecule has 0 radical (unpaired) electrons. The topological polar surface area (TPSA) is 78.9 Å². The van der Waals surface area contributed by atoms with Crippen LogP contribution in [0.25, 0.3) is 0 Å². The maximum atomic E-state index is 14.3. The van der Waals surface area contributed by atoms with Gasteiger partial charge in [0, 0.05) is 37.2 Å². The van der Waals surface area contributed by atoms with E-state index >= 15 is 0 Å². The third kappa shape index (κ3) is 4.98. The van der Waals surface area contributed by atoms with E-state index in [2.05, 4.69) is 27.9 Å². The van der Waals surface area contributed by atoms with Crippen LogP contribution in [0.15, 0.2) is 67.1 Å². The highest BCUT2D eigenvalue weighted by molar-refractivity contribution is 6.16. The number of rotatable bonds is 7. The van der Waals surface area contributed by atoms with Crippen LogP contribution in [0, 0.1) is 5.82 Å². The number of ether oxygens (including phenoxy) is 1. The molecular weight excluding hydrogens is 485 g/mol. The summed E-state index contributed by atoms with van der Waals surface area (Å²) >= 11 is 0. The number of hydrogen-bond donors (Lipinski definition) is 0. The van der Waals surface area contributed by atoms with E-state index in [4.69, 9.17) is 4.74 Å². The number of hydrogen-bond acceptors (Lipinski definition) is 6. The van der Waals surface area contributed by atoms with Crippen molar-refractivity contribution in [2.24, 2.45) is 0 Å². The zero-order chi connectivity index (χ0) is 26.9. The Morgan fingerprint density at radius 3 is 2.63 bits per heavy atom. The zero-order valence-corrected chi connectivity index (χ0v) is 21.9. The van der Waals surface area contributed by atoms with E-state index in [0.29, 0.717) is 37.3 Å². The minimum Gasteiger partial charge on any atom is -0.491 e. The predicted octanol–water partition coefficient (Wildman–Crippen LogP) is 4.80. The average Bonchev–Trinajstić information content (AvgIpc) is 3.07. The van der Waals surface area contributed by atoms with Gasteiger partial charge in [0.2, 0.25) is 0 Å². The van der Waals surface area contributed by atoms with Gasteiger partial charge in [-0.05, 0) is 69.5 Å². The Kier molecular flexibility index (Phi) is 7.12. The summed E-state index contributed by atoms with van der Waals surface area (Å²) in [6, 6.07) is 13.5. The van der Waals surface area contributed by atoms with Crippen LogP contribution in [0.3, 0.4) is 0 Å². The first-order valence-corrected chi connectivity index (χ1v) is 12.9. The van der Waals surface area contributed by atoms with Gasteiger partial charge in [0.05, 0.1) is 24.5 Å². The van der Waals surface area contributed by atoms with E-state index in [1.807, 2.05) is 32.0 Å². The molecule has 3 heterocycles. The van der Waals surface area contributed by atoms with Gasteiger partial charge in [-0.15, -0.1) is 0 Å². The molecular formula is C29H32FN5O3. The van der Waals surface area contributed by atoms with Crippen molar-refractivity contribution in [2.75, 3.05) is 11.4 Å². The monoisotopic (exact) mass is 517 g/mol. The number of carbonyl (C=O) groups excluding carboxylic acids is 2. The Labute approximate surface area is 222 Å². The Balaban J connectivity index is 1.42. The molecule has 3 aromatic rings. The minimum atomic E-state index is -1.11. The molecule has 198 valence electrons. The molecule has 2 aliphatic heterocycles. The van der Waals surface area contributed by atoms with Crippen molar-refractivity contribution in [3.05, 3.63) is 84.2 Å². The molecule has 2 aromatic carbocycles. The molecule has 0 bridgehead atoms. The van der Waals surface area contributed by atoms with Crippen LogP contribution in [-0.2, 0) is 17.9 Å². The number of amides is 3. The third-order valence-electron chi connectivity index (χ3n) is 7.22. The largest absolute Gasteiger partial charge is 0.491 e. The standard InChI is InChI=1S/C29H32FN5O3/c1-20(2)38-26-9-4-6-22(14-26)18-33-13-10-29(16-21(33)3)27(36)34(19-24-17-31-11-12-32-24)28(37)35(29)25-8-5-7-23(30)15-25/h4-9,11-12,14-15,17,20-21H,10,13,16,18-19H2,1-3H3/t21-,29?/m0/s1. The summed E-state index contributed by atoms with van der Waals surface area (Å²) in [7, 11) is 0. The van der Waals surface area contributed by atoms with Crippen LogP contribution < -0.4 is 9.64 Å². The lowest BCUT2D eigenvalue weighted by atomic mass is 9.81. The van der Waals surface area contributed by atoms with E-state index in [1.165, 1.54) is 28.1 Å². The van der Waals surface area contributed by atoms with Gasteiger partial charge in [-0.2, -0.15) is 0 Å². The second kappa shape index (κ2) is 10.5. The number of urea groups is 1. The van der Waals surface area contributed by atoms with Gasteiger partial charge in [-0.1, -0.05) is 18.2 Å². The Bertz CT molecular complexity index is 1320. The van der Waals surface area contributed by atoms with Gasteiger partial charge >= 0.3 is 6.03 Å². The highest BCUT2D eigenvalue weighted by Crippen LogP contribution is 2.43. The quantitative estimate of drug-likeness (QED) is 0.419. The van der Waals surface area contributed by atoms with Crippen molar-refractivity contribution in [1.29, 1.82) is 0 Å². The smallest absolute Gasteiger partial charge is 0.332 e. The number of likely N-dealkylation sites (tertiary alicyclic amines) is 1. The number of benzene rings is 2. The number of nitrogens with zero attached hydrogens (tertiary/aromatic N) is 5. The molecule has 8 nitrogen and oxygen atoms in total. The molecule has 0 aliphatic carbocycles. The van der Waals surface area contributed by atoms with Crippen molar-refractivity contribution in [1.82, 2.24) is 19.8 Å². The van der Waals surface area contributed by atoms with Crippen LogP contribution in [0.4, 0.5) is 14.9 Å². The second-order valence-corrected chi connectivity index (χ2v) is 10.3. The molecule has 1 spiro atoms. The van der Waals surface area contributed by atoms with Crippen LogP contribution in [0.2, 0.25) is 0 Å². The van der Waals surface area contributed by atoms with E-state index < -0.39 is 17.4 Å². The molecule has 1 aromatic heterocycles. The molecule has 0 N–H and O–H groups in total. The third-order valence-corrected chi connectivity index (χ3v) is 7.22. The van der Waals surface area contributed by atoms with Gasteiger partial charge in [0.25, 0.3) is 5.91 Å². The second-order valence-electron chi connectivity index (χ2n) is 10.3. The number of carbonyl (C=O) groups is 2. The maximum absolute atomic E-state index is 14.3. The maximum Gasteiger partial charge on any atom is 0.332 e. The highest BCUT2D eigenvalue weighted by atomic mass is 19.1. The van der Waals surface area contributed by atoms with Crippen LogP contribution in [0.5, 0.6) is 5.75 Å². The highest BCUT2D eigenvalue weighted by Gasteiger charge is 2.59. The van der Waals surface area contributed by atoms with Crippen LogP contribution in [0.1, 0.15) is 44.9 Å². The van der Waals surface area contributed by atoms with Crippen molar-refractivity contribution in [3.63, 3.8) is 0 Å². The minimum absolute atomic E-state index is 0.0114. The fourth-order valence-electron chi connectivity index (χ4n) is 5.55. The molecule has 2 saturated heterocycles. The normalized spacial score (nSPS) is 22.1. The van der Waals surface area contributed by atoms with E-state index in [0.717, 1.165) is 11.3 Å². The molecule has 5 rings (SSSR count). The van der Waals surface area contributed by atoms with E-state index in [-0.39, 0.29) is 24.6 Å². The Morgan fingerprint density at radius 2 is 1.92 bits per heavy atom. The zero-order valence-electron chi connectivity index (χ0n) is 21.9. The molecule has 2 aliphatic rings. The van der Waals surface area contributed by atoms with Crippen molar-refractivity contribution < 1.29 is 18.7 Å². The van der Waals surface area contributed by atoms with Crippen molar-refractivity contribution >= 4 is 17.6 Å². The van der Waals surface area contributed by atoms with Crippen LogP contribution in [-0.4, -0.2) is 55.9 Å². The molecule has 9 heteroatoms. The summed E-state index contributed by atoms with van der Waals surface area (Å²) in [5.74, 6) is 0.0858. The molecule has 0 saturated carbocycles. The summed E-state index contributed by atoms with van der Waals surface area (Å²) in [4.78, 5) is 41.1. The summed E-state index contributed by atoms with van der Waals surface area (Å²) in [5.41, 5.74) is 0.903. The summed E-state index contributed by atoms with van der Waals surface area (Å²) in [6.07, 6.45) is 5.55. The number of anilines is 1. The fourth-order valence-corrected chi connectivity index (χ4v) is 5.55. The first-order chi connectivity index (χ1) is 18.3. The average molecular weight is 518 g/mol. The Morgan fingerprint density at radius 1 is 1.11 bits per heavy atom. The molecule has 2 fully saturated rings. The van der Waals surface area contributed by atoms with Crippen molar-refractivity contribution in [3.8, 4) is 5.75 Å². The lowest BCUT2D eigenvalue weighted by Gasteiger charge is -2.45. The number of halogens is 1. The first kappa shape index (κ1) is 25.8. The SMILES string of the molecule is CC(C)Oc1cccc(CN2CCC3(C[C@@H]2C)C(=O)N(Cc2cnccn2)C(=O)N3c2cccc(F)c2)c1. The van der Waals surface area contributed by atoms with E-state index in [1.54, 1.807) is 24.5 Å². The lowest BCUT2D eigenvalue weighted by molar-refractivity contribution is -0.133. The molecule has 1 unspecified atom stereocenters. The summed E-state index contributed by atoms with van der Waals surface area (Å²) < 4.78 is 20.1. The first-order valence-electron chi connectivity index (χ1n) is 12.9.